The Morgan fingerprint density at radius 1 is 0.971 bits per heavy atom. The van der Waals surface area contributed by atoms with E-state index in [-0.39, 0.29) is 12.4 Å². The van der Waals surface area contributed by atoms with Crippen molar-refractivity contribution < 1.29 is 28.5 Å². The molecule has 3 aromatic carbocycles. The number of nitrogens with zero attached hydrogens (tertiary/aromatic N) is 1. The van der Waals surface area contributed by atoms with Gasteiger partial charge in [-0.25, -0.2) is 4.79 Å². The highest BCUT2D eigenvalue weighted by Crippen LogP contribution is 2.30. The topological polar surface area (TPSA) is 107 Å². The van der Waals surface area contributed by atoms with Crippen LogP contribution in [-0.4, -0.2) is 39.2 Å². The summed E-state index contributed by atoms with van der Waals surface area (Å²) in [7, 11) is 2.80. The van der Waals surface area contributed by atoms with Crippen LogP contribution >= 0.6 is 0 Å². The predicted molar refractivity (Wildman–Crippen MR) is 130 cm³/mol. The molecule has 0 saturated carbocycles. The predicted octanol–water partition coefficient (Wildman–Crippen LogP) is 4.55. The van der Waals surface area contributed by atoms with E-state index in [1.807, 2.05) is 6.92 Å². The third kappa shape index (κ3) is 6.51. The number of benzene rings is 3. The number of methoxy groups -OCH3 is 2. The second-order valence-electron chi connectivity index (χ2n) is 7.37. The van der Waals surface area contributed by atoms with E-state index in [1.165, 1.54) is 14.2 Å². The maximum atomic E-state index is 12.7. The average Bonchev–Trinajstić information content (AvgIpc) is 2.90. The highest BCUT2D eigenvalue weighted by atomic mass is 16.5. The van der Waals surface area contributed by atoms with E-state index < -0.39 is 12.0 Å². The Hall–Kier alpha value is -4.51. The van der Waals surface area contributed by atoms with E-state index in [2.05, 4.69) is 11.4 Å². The molecule has 0 aliphatic rings. The first kappa shape index (κ1) is 25.1. The van der Waals surface area contributed by atoms with Crippen molar-refractivity contribution in [2.75, 3.05) is 32.8 Å². The Labute approximate surface area is 204 Å². The summed E-state index contributed by atoms with van der Waals surface area (Å²) in [6.07, 6.45) is 0. The molecule has 3 rings (SSSR count). The van der Waals surface area contributed by atoms with Crippen molar-refractivity contribution in [3.63, 3.8) is 0 Å². The fourth-order valence-electron chi connectivity index (χ4n) is 3.40. The van der Waals surface area contributed by atoms with Crippen molar-refractivity contribution in [2.45, 2.75) is 13.0 Å². The van der Waals surface area contributed by atoms with Crippen LogP contribution < -0.4 is 19.5 Å². The van der Waals surface area contributed by atoms with Gasteiger partial charge < -0.3 is 24.3 Å². The molecule has 0 aliphatic carbocycles. The van der Waals surface area contributed by atoms with Gasteiger partial charge in [0.15, 0.2) is 12.6 Å². The van der Waals surface area contributed by atoms with Gasteiger partial charge in [-0.1, -0.05) is 12.1 Å². The molecule has 8 heteroatoms. The molecule has 0 aliphatic heterocycles. The van der Waals surface area contributed by atoms with Gasteiger partial charge in [-0.15, -0.1) is 0 Å². The molecule has 0 spiro atoms. The number of carbonyl (C=O) groups excluding carboxylic acids is 2. The zero-order valence-corrected chi connectivity index (χ0v) is 19.7. The molecular formula is C27H26N2O6. The van der Waals surface area contributed by atoms with Gasteiger partial charge in [0, 0.05) is 11.8 Å². The van der Waals surface area contributed by atoms with Crippen LogP contribution in [0.1, 0.15) is 34.5 Å². The molecule has 0 aromatic heterocycles. The number of anilines is 1. The largest absolute Gasteiger partial charge is 0.496 e. The first-order chi connectivity index (χ1) is 17.0. The highest BCUT2D eigenvalue weighted by molar-refractivity contribution is 5.99. The van der Waals surface area contributed by atoms with Crippen molar-refractivity contribution in [1.82, 2.24) is 0 Å². The molecule has 0 amide bonds. The average molecular weight is 475 g/mol. The highest BCUT2D eigenvalue weighted by Gasteiger charge is 2.23. The van der Waals surface area contributed by atoms with Gasteiger partial charge in [0.1, 0.15) is 17.2 Å². The van der Waals surface area contributed by atoms with Crippen LogP contribution in [0, 0.1) is 11.3 Å². The summed E-state index contributed by atoms with van der Waals surface area (Å²) in [6.45, 7) is 2.00. The minimum atomic E-state index is -0.888. The Morgan fingerprint density at radius 2 is 1.66 bits per heavy atom. The zero-order chi connectivity index (χ0) is 25.2. The number of esters is 1. The van der Waals surface area contributed by atoms with Crippen molar-refractivity contribution >= 4 is 17.4 Å². The number of para-hydroxylation sites is 1. The van der Waals surface area contributed by atoms with E-state index in [4.69, 9.17) is 24.2 Å². The second kappa shape index (κ2) is 12.1. The first-order valence-electron chi connectivity index (χ1n) is 10.9. The van der Waals surface area contributed by atoms with Crippen LogP contribution in [0.5, 0.6) is 17.2 Å². The van der Waals surface area contributed by atoms with Crippen molar-refractivity contribution in [2.24, 2.45) is 0 Å². The number of hydrogen-bond acceptors (Lipinski definition) is 8. The Balaban J connectivity index is 1.88. The number of nitrogens with one attached hydrogen (secondary N) is 1. The number of carbonyl (C=O) groups is 2. The minimum absolute atomic E-state index is 0.235. The third-order valence-electron chi connectivity index (χ3n) is 5.09. The van der Waals surface area contributed by atoms with Crippen LogP contribution in [0.25, 0.3) is 0 Å². The normalized spacial score (nSPS) is 11.0. The number of ketones is 1. The number of hydrogen-bond donors (Lipinski definition) is 1. The lowest BCUT2D eigenvalue weighted by atomic mass is 10.0. The molecule has 0 radical (unpaired) electrons. The van der Waals surface area contributed by atoms with Gasteiger partial charge in [-0.3, -0.25) is 4.79 Å². The molecule has 1 N–H and O–H groups in total. The van der Waals surface area contributed by atoms with Crippen LogP contribution in [0.4, 0.5) is 5.69 Å². The standard InChI is InChI=1S/C27H26N2O6/c1-4-34-21-13-19(26(27(31)33-3)29-20-11-9-18(16-28)10-12-20)14-22(15-21)35-17-24(30)23-7-5-6-8-25(23)32-2/h5-15,26,29H,4,17H2,1-3H3. The van der Waals surface area contributed by atoms with E-state index in [9.17, 15) is 9.59 Å². The lowest BCUT2D eigenvalue weighted by Gasteiger charge is -2.20. The Kier molecular flexibility index (Phi) is 8.68. The van der Waals surface area contributed by atoms with Gasteiger partial charge in [-0.05, 0) is 61.0 Å². The molecule has 1 unspecified atom stereocenters. The van der Waals surface area contributed by atoms with Gasteiger partial charge >= 0.3 is 5.97 Å². The zero-order valence-electron chi connectivity index (χ0n) is 19.7. The first-order valence-corrected chi connectivity index (χ1v) is 10.9. The molecule has 0 saturated heterocycles. The van der Waals surface area contributed by atoms with Crippen LogP contribution in [0.3, 0.4) is 0 Å². The van der Waals surface area contributed by atoms with E-state index in [0.717, 1.165) is 0 Å². The van der Waals surface area contributed by atoms with Crippen molar-refractivity contribution in [3.8, 4) is 23.3 Å². The third-order valence-corrected chi connectivity index (χ3v) is 5.09. The number of ether oxygens (including phenoxy) is 4. The smallest absolute Gasteiger partial charge is 0.332 e. The number of rotatable bonds is 11. The fourth-order valence-corrected chi connectivity index (χ4v) is 3.40. The minimum Gasteiger partial charge on any atom is -0.496 e. The van der Waals surface area contributed by atoms with E-state index in [0.29, 0.717) is 46.2 Å². The van der Waals surface area contributed by atoms with Crippen LogP contribution in [0.2, 0.25) is 0 Å². The maximum Gasteiger partial charge on any atom is 0.332 e. The summed E-state index contributed by atoms with van der Waals surface area (Å²) in [5.41, 5.74) is 2.05. The summed E-state index contributed by atoms with van der Waals surface area (Å²) >= 11 is 0. The molecule has 8 nitrogen and oxygen atoms in total. The van der Waals surface area contributed by atoms with Crippen molar-refractivity contribution in [3.05, 3.63) is 83.4 Å². The van der Waals surface area contributed by atoms with E-state index >= 15 is 0 Å². The summed E-state index contributed by atoms with van der Waals surface area (Å²) in [6, 6.07) is 19.8. The lowest BCUT2D eigenvalue weighted by molar-refractivity contribution is -0.141. The molecule has 180 valence electrons. The summed E-state index contributed by atoms with van der Waals surface area (Å²) < 4.78 is 21.7. The molecule has 35 heavy (non-hydrogen) atoms. The second-order valence-corrected chi connectivity index (χ2v) is 7.37. The summed E-state index contributed by atoms with van der Waals surface area (Å²) in [4.78, 5) is 25.4. The lowest BCUT2D eigenvalue weighted by Crippen LogP contribution is -2.22. The van der Waals surface area contributed by atoms with Gasteiger partial charge in [-0.2, -0.15) is 5.26 Å². The fraction of sp³-hybridized carbons (Fsp3) is 0.222. The van der Waals surface area contributed by atoms with Crippen molar-refractivity contribution in [1.29, 1.82) is 5.26 Å². The summed E-state index contributed by atoms with van der Waals surface area (Å²) in [5, 5.41) is 12.1. The van der Waals surface area contributed by atoms with E-state index in [1.54, 1.807) is 66.7 Å². The van der Waals surface area contributed by atoms with Gasteiger partial charge in [0.25, 0.3) is 0 Å². The van der Waals surface area contributed by atoms with Gasteiger partial charge in [0.2, 0.25) is 5.78 Å². The Bertz CT molecular complexity index is 1220. The molecule has 0 fully saturated rings. The van der Waals surface area contributed by atoms with Gasteiger partial charge in [0.05, 0.1) is 38.0 Å². The SMILES string of the molecule is CCOc1cc(OCC(=O)c2ccccc2OC)cc(C(Nc2ccc(C#N)cc2)C(=O)OC)c1. The summed E-state index contributed by atoms with van der Waals surface area (Å²) in [5.74, 6) is 0.498. The molecular weight excluding hydrogens is 448 g/mol. The Morgan fingerprint density at radius 3 is 2.29 bits per heavy atom. The molecule has 1 atom stereocenters. The molecule has 0 bridgehead atoms. The quantitative estimate of drug-likeness (QED) is 0.319. The van der Waals surface area contributed by atoms with Crippen LogP contribution in [-0.2, 0) is 9.53 Å². The van der Waals surface area contributed by atoms with Crippen LogP contribution in [0.15, 0.2) is 66.7 Å². The molecule has 0 heterocycles. The number of nitriles is 1. The molecule has 3 aromatic rings. The maximum absolute atomic E-state index is 12.7. The number of Topliss-reactive ketones (excluding diaryl/α,β-unsaturated/α-hetero) is 1. The monoisotopic (exact) mass is 474 g/mol.